The van der Waals surface area contributed by atoms with E-state index in [9.17, 15) is 4.79 Å². The Morgan fingerprint density at radius 2 is 1.55 bits per heavy atom. The van der Waals surface area contributed by atoms with E-state index in [0.717, 1.165) is 25.1 Å². The minimum Gasteiger partial charge on any atom is -0.444 e. The van der Waals surface area contributed by atoms with Gasteiger partial charge in [0.1, 0.15) is 5.60 Å². The zero-order chi connectivity index (χ0) is 16.8. The molecule has 6 heteroatoms. The number of allylic oxidation sites excluding steroid dienone is 1. The molecule has 0 bridgehead atoms. The van der Waals surface area contributed by atoms with Crippen LogP contribution in [0.5, 0.6) is 0 Å². The molecule has 1 amide bonds. The number of amides is 1. The van der Waals surface area contributed by atoms with Crippen molar-refractivity contribution in [2.24, 2.45) is 0 Å². The van der Waals surface area contributed by atoms with Crippen LogP contribution in [0.15, 0.2) is 12.3 Å². The van der Waals surface area contributed by atoms with Crippen LogP contribution in [0.3, 0.4) is 0 Å². The maximum absolute atomic E-state index is 11.3. The Morgan fingerprint density at radius 3 is 2.05 bits per heavy atom. The Kier molecular flexibility index (Phi) is 11.6. The summed E-state index contributed by atoms with van der Waals surface area (Å²) in [6.07, 6.45) is 1.66. The lowest BCUT2D eigenvalue weighted by Crippen LogP contribution is -2.34. The molecular formula is C16H32N2O4. The summed E-state index contributed by atoms with van der Waals surface area (Å²) in [5.74, 6) is 0. The van der Waals surface area contributed by atoms with E-state index in [-0.39, 0.29) is 0 Å². The molecule has 0 saturated carbocycles. The molecule has 0 aliphatic rings. The molecule has 0 heterocycles. The molecule has 0 unspecified atom stereocenters. The van der Waals surface area contributed by atoms with Gasteiger partial charge in [-0.25, -0.2) is 4.79 Å². The molecule has 6 nitrogen and oxygen atoms in total. The van der Waals surface area contributed by atoms with Gasteiger partial charge in [-0.2, -0.15) is 0 Å². The van der Waals surface area contributed by atoms with Crippen LogP contribution in [-0.2, 0) is 14.2 Å². The quantitative estimate of drug-likeness (QED) is 0.541. The van der Waals surface area contributed by atoms with Crippen LogP contribution in [0.1, 0.15) is 40.5 Å². The molecule has 0 aliphatic carbocycles. The standard InChI is InChI=1S/C16H32N2O4/c1-6-7-14(2)17-8-10-20-12-13-21-11-9-18-15(19)22-16(3,4)5/h17H,2,6-13H2,1,3-5H3,(H,18,19). The summed E-state index contributed by atoms with van der Waals surface area (Å²) in [5.41, 5.74) is 0.575. The Bertz CT molecular complexity index is 314. The van der Waals surface area contributed by atoms with Crippen molar-refractivity contribution in [1.82, 2.24) is 10.6 Å². The Labute approximate surface area is 134 Å². The molecular weight excluding hydrogens is 284 g/mol. The second-order valence-corrected chi connectivity index (χ2v) is 5.93. The minimum absolute atomic E-state index is 0.424. The highest BCUT2D eigenvalue weighted by atomic mass is 16.6. The monoisotopic (exact) mass is 316 g/mol. The molecule has 0 aliphatic heterocycles. The highest BCUT2D eigenvalue weighted by Crippen LogP contribution is 2.05. The average Bonchev–Trinajstić information content (AvgIpc) is 2.39. The van der Waals surface area contributed by atoms with Gasteiger partial charge in [0.15, 0.2) is 0 Å². The van der Waals surface area contributed by atoms with Gasteiger partial charge in [-0.1, -0.05) is 19.9 Å². The first-order valence-corrected chi connectivity index (χ1v) is 7.89. The van der Waals surface area contributed by atoms with E-state index in [1.54, 1.807) is 0 Å². The lowest BCUT2D eigenvalue weighted by atomic mass is 10.2. The minimum atomic E-state index is -0.477. The molecule has 22 heavy (non-hydrogen) atoms. The number of carbonyl (C=O) groups excluding carboxylic acids is 1. The molecule has 0 rings (SSSR count). The van der Waals surface area contributed by atoms with E-state index in [1.807, 2.05) is 20.8 Å². The molecule has 0 radical (unpaired) electrons. The number of rotatable bonds is 12. The van der Waals surface area contributed by atoms with Gasteiger partial charge in [-0.3, -0.25) is 0 Å². The van der Waals surface area contributed by atoms with Crippen molar-refractivity contribution in [1.29, 1.82) is 0 Å². The topological polar surface area (TPSA) is 68.8 Å². The summed E-state index contributed by atoms with van der Waals surface area (Å²) < 4.78 is 15.9. The fourth-order valence-corrected chi connectivity index (χ4v) is 1.55. The van der Waals surface area contributed by atoms with Gasteiger partial charge >= 0.3 is 6.09 Å². The maximum atomic E-state index is 11.3. The number of ether oxygens (including phenoxy) is 3. The van der Waals surface area contributed by atoms with Crippen molar-refractivity contribution >= 4 is 6.09 Å². The van der Waals surface area contributed by atoms with Gasteiger partial charge in [0.05, 0.1) is 26.4 Å². The highest BCUT2D eigenvalue weighted by Gasteiger charge is 2.15. The van der Waals surface area contributed by atoms with Crippen molar-refractivity contribution in [3.63, 3.8) is 0 Å². The first-order valence-electron chi connectivity index (χ1n) is 7.89. The molecule has 0 aromatic heterocycles. The van der Waals surface area contributed by atoms with E-state index in [4.69, 9.17) is 14.2 Å². The second kappa shape index (κ2) is 12.3. The zero-order valence-electron chi connectivity index (χ0n) is 14.5. The SMILES string of the molecule is C=C(CCC)NCCOCCOCCNC(=O)OC(C)(C)C. The summed E-state index contributed by atoms with van der Waals surface area (Å²) in [4.78, 5) is 11.3. The second-order valence-electron chi connectivity index (χ2n) is 5.93. The van der Waals surface area contributed by atoms with Crippen LogP contribution in [-0.4, -0.2) is 51.2 Å². The third-order valence-corrected chi connectivity index (χ3v) is 2.46. The smallest absolute Gasteiger partial charge is 0.407 e. The van der Waals surface area contributed by atoms with Crippen molar-refractivity contribution in [3.8, 4) is 0 Å². The summed E-state index contributed by atoms with van der Waals surface area (Å²) in [5, 5.41) is 5.83. The van der Waals surface area contributed by atoms with Gasteiger partial charge in [0.2, 0.25) is 0 Å². The van der Waals surface area contributed by atoms with E-state index < -0.39 is 11.7 Å². The molecule has 0 saturated heterocycles. The summed E-state index contributed by atoms with van der Waals surface area (Å²) in [6.45, 7) is 14.8. The predicted molar refractivity (Wildman–Crippen MR) is 87.9 cm³/mol. The van der Waals surface area contributed by atoms with Crippen LogP contribution in [0.2, 0.25) is 0 Å². The third kappa shape index (κ3) is 15.1. The number of hydrogen-bond acceptors (Lipinski definition) is 5. The van der Waals surface area contributed by atoms with Crippen LogP contribution in [0.4, 0.5) is 4.79 Å². The van der Waals surface area contributed by atoms with Crippen LogP contribution in [0, 0.1) is 0 Å². The fourth-order valence-electron chi connectivity index (χ4n) is 1.55. The maximum Gasteiger partial charge on any atom is 0.407 e. The van der Waals surface area contributed by atoms with E-state index in [0.29, 0.717) is 33.0 Å². The molecule has 0 fully saturated rings. The molecule has 0 spiro atoms. The van der Waals surface area contributed by atoms with Gasteiger partial charge in [0.25, 0.3) is 0 Å². The van der Waals surface area contributed by atoms with Crippen molar-refractivity contribution in [2.75, 3.05) is 39.5 Å². The molecule has 0 aromatic rings. The predicted octanol–water partition coefficient (Wildman–Crippen LogP) is 2.45. The zero-order valence-corrected chi connectivity index (χ0v) is 14.5. The third-order valence-electron chi connectivity index (χ3n) is 2.46. The Balaban J connectivity index is 3.27. The first-order chi connectivity index (χ1) is 10.3. The summed E-state index contributed by atoms with van der Waals surface area (Å²) >= 11 is 0. The van der Waals surface area contributed by atoms with Crippen LogP contribution < -0.4 is 10.6 Å². The Morgan fingerprint density at radius 1 is 1.00 bits per heavy atom. The van der Waals surface area contributed by atoms with Crippen molar-refractivity contribution in [2.45, 2.75) is 46.1 Å². The lowest BCUT2D eigenvalue weighted by Gasteiger charge is -2.19. The average molecular weight is 316 g/mol. The molecule has 130 valence electrons. The van der Waals surface area contributed by atoms with Crippen molar-refractivity contribution < 1.29 is 19.0 Å². The Hall–Kier alpha value is -1.27. The van der Waals surface area contributed by atoms with Crippen molar-refractivity contribution in [3.05, 3.63) is 12.3 Å². The summed E-state index contributed by atoms with van der Waals surface area (Å²) in [6, 6.07) is 0. The first kappa shape index (κ1) is 20.7. The summed E-state index contributed by atoms with van der Waals surface area (Å²) in [7, 11) is 0. The molecule has 0 aromatic carbocycles. The van der Waals surface area contributed by atoms with Gasteiger partial charge in [0, 0.05) is 18.8 Å². The number of carbonyl (C=O) groups is 1. The molecule has 0 atom stereocenters. The number of nitrogens with one attached hydrogen (secondary N) is 2. The molecule has 2 N–H and O–H groups in total. The van der Waals surface area contributed by atoms with Gasteiger partial charge in [-0.15, -0.1) is 0 Å². The largest absolute Gasteiger partial charge is 0.444 e. The van der Waals surface area contributed by atoms with Gasteiger partial charge < -0.3 is 24.8 Å². The fraction of sp³-hybridized carbons (Fsp3) is 0.812. The lowest BCUT2D eigenvalue weighted by molar-refractivity contribution is 0.0405. The van der Waals surface area contributed by atoms with Crippen LogP contribution in [0.25, 0.3) is 0 Å². The van der Waals surface area contributed by atoms with Gasteiger partial charge in [-0.05, 0) is 27.2 Å². The number of hydrogen-bond donors (Lipinski definition) is 2. The van der Waals surface area contributed by atoms with E-state index in [1.165, 1.54) is 0 Å². The van der Waals surface area contributed by atoms with E-state index in [2.05, 4.69) is 24.1 Å². The highest BCUT2D eigenvalue weighted by molar-refractivity contribution is 5.67. The van der Waals surface area contributed by atoms with E-state index >= 15 is 0 Å². The van der Waals surface area contributed by atoms with Crippen LogP contribution >= 0.6 is 0 Å². The normalized spacial score (nSPS) is 11.1. The number of alkyl carbamates (subject to hydrolysis) is 1.